The van der Waals surface area contributed by atoms with Crippen LogP contribution in [-0.2, 0) is 4.79 Å². The van der Waals surface area contributed by atoms with Crippen molar-refractivity contribution in [1.29, 1.82) is 0 Å². The van der Waals surface area contributed by atoms with Gasteiger partial charge >= 0.3 is 0 Å². The summed E-state index contributed by atoms with van der Waals surface area (Å²) in [7, 11) is 0. The molecule has 134 valence electrons. The molecule has 1 saturated carbocycles. The molecule has 0 aromatic heterocycles. The monoisotopic (exact) mass is 340 g/mol. The topological polar surface area (TPSA) is 41.6 Å². The van der Waals surface area contributed by atoms with Crippen LogP contribution in [-0.4, -0.2) is 43.1 Å². The Balaban J connectivity index is 1.33. The molecule has 0 unspecified atom stereocenters. The van der Waals surface area contributed by atoms with Crippen LogP contribution in [0, 0.1) is 11.8 Å². The fourth-order valence-corrected chi connectivity index (χ4v) is 4.03. The van der Waals surface area contributed by atoms with Crippen LogP contribution in [0.2, 0.25) is 0 Å². The van der Waals surface area contributed by atoms with E-state index < -0.39 is 0 Å². The molecule has 25 heavy (non-hydrogen) atoms. The lowest BCUT2D eigenvalue weighted by molar-refractivity contribution is -0.134. The number of hydrogen-bond acceptors (Lipinski definition) is 3. The summed E-state index contributed by atoms with van der Waals surface area (Å²) in [5, 5.41) is 3.74. The Labute approximate surface area is 150 Å². The highest BCUT2D eigenvalue weighted by Crippen LogP contribution is 2.33. The fraction of sp³-hybridized carbons (Fsp3) is 0.571. The van der Waals surface area contributed by atoms with Crippen LogP contribution in [0.1, 0.15) is 38.2 Å². The number of nitrogens with zero attached hydrogens (tertiary/aromatic N) is 1. The van der Waals surface area contributed by atoms with Gasteiger partial charge in [-0.2, -0.15) is 0 Å². The van der Waals surface area contributed by atoms with Gasteiger partial charge in [-0.1, -0.05) is 31.5 Å². The van der Waals surface area contributed by atoms with Crippen LogP contribution in [0.15, 0.2) is 29.8 Å². The van der Waals surface area contributed by atoms with Gasteiger partial charge in [-0.3, -0.25) is 4.79 Å². The highest BCUT2D eigenvalue weighted by molar-refractivity contribution is 5.81. The van der Waals surface area contributed by atoms with Crippen molar-refractivity contribution in [2.45, 2.75) is 38.6 Å². The van der Waals surface area contributed by atoms with Gasteiger partial charge in [0, 0.05) is 37.2 Å². The van der Waals surface area contributed by atoms with Crippen LogP contribution in [0.4, 0.5) is 0 Å². The molecule has 2 aliphatic heterocycles. The van der Waals surface area contributed by atoms with Gasteiger partial charge in [-0.25, -0.2) is 0 Å². The zero-order valence-electron chi connectivity index (χ0n) is 15.0. The molecule has 0 bridgehead atoms. The van der Waals surface area contributed by atoms with Gasteiger partial charge in [0.25, 0.3) is 0 Å². The number of carbonyl (C=O) groups excluding carboxylic acids is 1. The predicted molar refractivity (Wildman–Crippen MR) is 99.4 cm³/mol. The molecule has 1 aromatic rings. The van der Waals surface area contributed by atoms with E-state index in [0.717, 1.165) is 51.1 Å². The molecule has 0 spiro atoms. The lowest BCUT2D eigenvalue weighted by atomic mass is 9.89. The molecule has 1 aromatic carbocycles. The number of fused-ring (bicyclic) bond motifs is 1. The summed E-state index contributed by atoms with van der Waals surface area (Å²) in [4.78, 5) is 14.4. The molecule has 2 heterocycles. The van der Waals surface area contributed by atoms with Crippen LogP contribution in [0.25, 0.3) is 6.08 Å². The number of ether oxygens (including phenoxy) is 1. The SMILES string of the molecule is CC[C@H]1CN(C(=O)C2CC2)CC[C@H]1NCC1=Cc2ccccc2OC1. The molecule has 3 aliphatic rings. The normalized spacial score (nSPS) is 25.8. The van der Waals surface area contributed by atoms with E-state index in [4.69, 9.17) is 4.74 Å². The summed E-state index contributed by atoms with van der Waals surface area (Å²) >= 11 is 0. The average molecular weight is 340 g/mol. The molecule has 1 N–H and O–H groups in total. The second-order valence-corrected chi connectivity index (χ2v) is 7.63. The predicted octanol–water partition coefficient (Wildman–Crippen LogP) is 3.09. The largest absolute Gasteiger partial charge is 0.489 e. The molecular weight excluding hydrogens is 312 g/mol. The number of rotatable bonds is 5. The smallest absolute Gasteiger partial charge is 0.225 e. The number of para-hydroxylation sites is 1. The van der Waals surface area contributed by atoms with E-state index in [0.29, 0.717) is 30.4 Å². The first kappa shape index (κ1) is 16.6. The van der Waals surface area contributed by atoms with Crippen molar-refractivity contribution >= 4 is 12.0 Å². The molecular formula is C21H28N2O2. The molecule has 2 fully saturated rings. The third kappa shape index (κ3) is 3.74. The Bertz CT molecular complexity index is 666. The first-order chi connectivity index (χ1) is 12.2. The minimum absolute atomic E-state index is 0.339. The summed E-state index contributed by atoms with van der Waals surface area (Å²) in [5.74, 6) is 2.27. The second-order valence-electron chi connectivity index (χ2n) is 7.63. The standard InChI is InChI=1S/C21H28N2O2/c1-2-16-13-23(21(24)17-7-8-17)10-9-19(16)22-12-15-11-18-5-3-4-6-20(18)25-14-15/h3-6,11,16-17,19,22H,2,7-10,12-14H2,1H3/t16-,19+/m0/s1. The van der Waals surface area contributed by atoms with Gasteiger partial charge in [0.05, 0.1) is 0 Å². The Morgan fingerprint density at radius 3 is 2.92 bits per heavy atom. The Morgan fingerprint density at radius 1 is 1.28 bits per heavy atom. The molecule has 1 aliphatic carbocycles. The summed E-state index contributed by atoms with van der Waals surface area (Å²) in [6, 6.07) is 8.68. The van der Waals surface area contributed by atoms with Gasteiger partial charge in [-0.15, -0.1) is 0 Å². The fourth-order valence-electron chi connectivity index (χ4n) is 4.03. The molecule has 1 amide bonds. The van der Waals surface area contributed by atoms with E-state index in [1.165, 1.54) is 11.1 Å². The molecule has 2 atom stereocenters. The zero-order valence-corrected chi connectivity index (χ0v) is 15.0. The van der Waals surface area contributed by atoms with E-state index in [1.807, 2.05) is 12.1 Å². The Morgan fingerprint density at radius 2 is 2.12 bits per heavy atom. The van der Waals surface area contributed by atoms with Crippen LogP contribution >= 0.6 is 0 Å². The summed E-state index contributed by atoms with van der Waals surface area (Å²) < 4.78 is 5.85. The number of likely N-dealkylation sites (tertiary alicyclic amines) is 1. The Kier molecular flexibility index (Phi) is 4.80. The molecule has 0 radical (unpaired) electrons. The van der Waals surface area contributed by atoms with E-state index >= 15 is 0 Å². The molecule has 4 rings (SSSR count). The van der Waals surface area contributed by atoms with Gasteiger partial charge in [0.1, 0.15) is 12.4 Å². The number of nitrogens with one attached hydrogen (secondary N) is 1. The van der Waals surface area contributed by atoms with E-state index in [2.05, 4.69) is 35.3 Å². The highest BCUT2D eigenvalue weighted by atomic mass is 16.5. The van der Waals surface area contributed by atoms with Gasteiger partial charge in [0.2, 0.25) is 5.91 Å². The van der Waals surface area contributed by atoms with Crippen molar-refractivity contribution in [2.24, 2.45) is 11.8 Å². The van der Waals surface area contributed by atoms with Crippen molar-refractivity contribution in [1.82, 2.24) is 10.2 Å². The first-order valence-electron chi connectivity index (χ1n) is 9.68. The molecule has 4 nitrogen and oxygen atoms in total. The minimum atomic E-state index is 0.339. The minimum Gasteiger partial charge on any atom is -0.489 e. The average Bonchev–Trinajstić information content (AvgIpc) is 3.50. The zero-order chi connectivity index (χ0) is 17.2. The van der Waals surface area contributed by atoms with Crippen molar-refractivity contribution in [3.05, 3.63) is 35.4 Å². The lowest BCUT2D eigenvalue weighted by Crippen LogP contribution is -2.51. The van der Waals surface area contributed by atoms with E-state index in [-0.39, 0.29) is 0 Å². The molecule has 1 saturated heterocycles. The van der Waals surface area contributed by atoms with Gasteiger partial charge < -0.3 is 15.0 Å². The van der Waals surface area contributed by atoms with Crippen molar-refractivity contribution in [3.63, 3.8) is 0 Å². The van der Waals surface area contributed by atoms with Crippen LogP contribution < -0.4 is 10.1 Å². The first-order valence-corrected chi connectivity index (χ1v) is 9.68. The van der Waals surface area contributed by atoms with Gasteiger partial charge in [0.15, 0.2) is 0 Å². The van der Waals surface area contributed by atoms with Crippen LogP contribution in [0.5, 0.6) is 5.75 Å². The van der Waals surface area contributed by atoms with E-state index in [9.17, 15) is 4.79 Å². The number of piperidine rings is 1. The van der Waals surface area contributed by atoms with E-state index in [1.54, 1.807) is 0 Å². The maximum absolute atomic E-state index is 12.3. The number of hydrogen-bond donors (Lipinski definition) is 1. The number of carbonyl (C=O) groups is 1. The lowest BCUT2D eigenvalue weighted by Gasteiger charge is -2.39. The third-order valence-electron chi connectivity index (χ3n) is 5.78. The van der Waals surface area contributed by atoms with Crippen molar-refractivity contribution in [2.75, 3.05) is 26.2 Å². The summed E-state index contributed by atoms with van der Waals surface area (Å²) in [5.41, 5.74) is 2.47. The second kappa shape index (κ2) is 7.20. The number of benzene rings is 1. The maximum Gasteiger partial charge on any atom is 0.225 e. The maximum atomic E-state index is 12.3. The highest BCUT2D eigenvalue weighted by Gasteiger charge is 2.37. The summed E-state index contributed by atoms with van der Waals surface area (Å²) in [6.07, 6.45) is 6.62. The third-order valence-corrected chi connectivity index (χ3v) is 5.78. The quantitative estimate of drug-likeness (QED) is 0.895. The summed E-state index contributed by atoms with van der Waals surface area (Å²) in [6.45, 7) is 5.60. The van der Waals surface area contributed by atoms with Crippen molar-refractivity contribution < 1.29 is 9.53 Å². The van der Waals surface area contributed by atoms with Gasteiger partial charge in [-0.05, 0) is 42.9 Å². The molecule has 4 heteroatoms. The number of amides is 1. The van der Waals surface area contributed by atoms with Crippen LogP contribution in [0.3, 0.4) is 0 Å². The Hall–Kier alpha value is -1.81. The van der Waals surface area contributed by atoms with Crippen molar-refractivity contribution in [3.8, 4) is 5.75 Å².